The fourth-order valence-electron chi connectivity index (χ4n) is 1.51. The topological polar surface area (TPSA) is 147 Å². The van der Waals surface area contributed by atoms with E-state index in [2.05, 4.69) is 5.32 Å². The Bertz CT molecular complexity index is 413. The molecule has 0 radical (unpaired) electrons. The molecule has 10 heteroatoms. The number of hydrogen-bond acceptors (Lipinski definition) is 7. The SMILES string of the molecule is CCC=CC(=O)NCCCS(=O)(=O)O.OCCN(CCO)CCO. The number of carbonyl (C=O) groups is 1. The molecule has 0 aromatic carbocycles. The Morgan fingerprint density at radius 2 is 1.58 bits per heavy atom. The molecule has 0 saturated heterocycles. The predicted molar refractivity (Wildman–Crippen MR) is 91.2 cm³/mol. The summed E-state index contributed by atoms with van der Waals surface area (Å²) in [5, 5.41) is 27.9. The van der Waals surface area contributed by atoms with Crippen LogP contribution in [-0.2, 0) is 14.9 Å². The van der Waals surface area contributed by atoms with Crippen LogP contribution in [0.5, 0.6) is 0 Å². The minimum absolute atomic E-state index is 0.0694. The van der Waals surface area contributed by atoms with Gasteiger partial charge in [0.05, 0.1) is 25.6 Å². The van der Waals surface area contributed by atoms with E-state index >= 15 is 0 Å². The van der Waals surface area contributed by atoms with Crippen molar-refractivity contribution in [3.63, 3.8) is 0 Å². The summed E-state index contributed by atoms with van der Waals surface area (Å²) in [6.45, 7) is 3.90. The van der Waals surface area contributed by atoms with Crippen LogP contribution in [0.4, 0.5) is 0 Å². The van der Waals surface area contributed by atoms with Gasteiger partial charge in [-0.2, -0.15) is 8.42 Å². The highest BCUT2D eigenvalue weighted by Crippen LogP contribution is 1.87. The smallest absolute Gasteiger partial charge is 0.264 e. The Morgan fingerprint density at radius 3 is 1.96 bits per heavy atom. The van der Waals surface area contributed by atoms with E-state index in [1.54, 1.807) is 11.0 Å². The number of allylic oxidation sites excluding steroid dienone is 1. The number of aliphatic hydroxyl groups is 3. The Balaban J connectivity index is 0. The number of hydrogen-bond donors (Lipinski definition) is 5. The molecule has 0 aliphatic carbocycles. The maximum Gasteiger partial charge on any atom is 0.264 e. The van der Waals surface area contributed by atoms with Gasteiger partial charge in [0.2, 0.25) is 5.91 Å². The lowest BCUT2D eigenvalue weighted by Gasteiger charge is -2.17. The van der Waals surface area contributed by atoms with Crippen LogP contribution in [0.1, 0.15) is 19.8 Å². The maximum atomic E-state index is 10.9. The number of nitrogens with zero attached hydrogens (tertiary/aromatic N) is 1. The summed E-state index contributed by atoms with van der Waals surface area (Å²) < 4.78 is 28.9. The third kappa shape index (κ3) is 21.0. The second-order valence-corrected chi connectivity index (χ2v) is 6.33. The lowest BCUT2D eigenvalue weighted by Crippen LogP contribution is -2.32. The van der Waals surface area contributed by atoms with E-state index in [1.165, 1.54) is 6.08 Å². The molecular weight excluding hydrogens is 340 g/mol. The molecule has 144 valence electrons. The first-order valence-corrected chi connectivity index (χ1v) is 9.36. The van der Waals surface area contributed by atoms with Gasteiger partial charge in [-0.25, -0.2) is 0 Å². The monoisotopic (exact) mass is 370 g/mol. The lowest BCUT2D eigenvalue weighted by atomic mass is 10.4. The summed E-state index contributed by atoms with van der Waals surface area (Å²) in [5.41, 5.74) is 0. The average Bonchev–Trinajstić information content (AvgIpc) is 2.50. The first kappa shape index (κ1) is 25.2. The van der Waals surface area contributed by atoms with Gasteiger partial charge in [-0.05, 0) is 18.9 Å². The molecule has 0 aliphatic rings. The lowest BCUT2D eigenvalue weighted by molar-refractivity contribution is -0.116. The fraction of sp³-hybridized carbons (Fsp3) is 0.786. The van der Waals surface area contributed by atoms with Gasteiger partial charge in [0.1, 0.15) is 0 Å². The third-order valence-electron chi connectivity index (χ3n) is 2.63. The molecule has 0 aliphatic heterocycles. The highest BCUT2D eigenvalue weighted by molar-refractivity contribution is 7.85. The van der Waals surface area contributed by atoms with Crippen LogP contribution in [0.25, 0.3) is 0 Å². The van der Waals surface area contributed by atoms with Gasteiger partial charge in [0.25, 0.3) is 10.1 Å². The average molecular weight is 370 g/mol. The van der Waals surface area contributed by atoms with Crippen molar-refractivity contribution in [3.05, 3.63) is 12.2 Å². The summed E-state index contributed by atoms with van der Waals surface area (Å²) in [6.07, 6.45) is 4.09. The molecule has 0 heterocycles. The Hall–Kier alpha value is -1.04. The van der Waals surface area contributed by atoms with Crippen molar-refractivity contribution in [2.24, 2.45) is 0 Å². The highest BCUT2D eigenvalue weighted by atomic mass is 32.2. The fourth-order valence-corrected chi connectivity index (χ4v) is 2.02. The van der Waals surface area contributed by atoms with Crippen molar-refractivity contribution in [1.82, 2.24) is 10.2 Å². The van der Waals surface area contributed by atoms with Crippen molar-refractivity contribution >= 4 is 16.0 Å². The molecule has 0 spiro atoms. The Morgan fingerprint density at radius 1 is 1.08 bits per heavy atom. The zero-order valence-corrected chi connectivity index (χ0v) is 14.9. The third-order valence-corrected chi connectivity index (χ3v) is 3.44. The van der Waals surface area contributed by atoms with Gasteiger partial charge in [0, 0.05) is 26.2 Å². The van der Waals surface area contributed by atoms with Crippen LogP contribution < -0.4 is 5.32 Å². The van der Waals surface area contributed by atoms with Gasteiger partial charge < -0.3 is 20.6 Å². The van der Waals surface area contributed by atoms with Crippen molar-refractivity contribution < 1.29 is 33.1 Å². The van der Waals surface area contributed by atoms with Crippen molar-refractivity contribution in [1.29, 1.82) is 0 Å². The zero-order valence-electron chi connectivity index (χ0n) is 14.1. The molecular formula is C14H30N2O7S. The van der Waals surface area contributed by atoms with E-state index in [0.29, 0.717) is 19.6 Å². The van der Waals surface area contributed by atoms with Crippen LogP contribution in [0, 0.1) is 0 Å². The normalized spacial score (nSPS) is 11.4. The number of rotatable bonds is 12. The van der Waals surface area contributed by atoms with E-state index in [0.717, 1.165) is 6.42 Å². The minimum atomic E-state index is -3.91. The summed E-state index contributed by atoms with van der Waals surface area (Å²) in [6, 6.07) is 0. The molecule has 1 amide bonds. The first-order valence-electron chi connectivity index (χ1n) is 7.75. The molecule has 24 heavy (non-hydrogen) atoms. The molecule has 0 saturated carbocycles. The number of carbonyl (C=O) groups excluding carboxylic acids is 1. The molecule has 0 unspecified atom stereocenters. The molecule has 0 fully saturated rings. The molecule has 0 aromatic rings. The highest BCUT2D eigenvalue weighted by Gasteiger charge is 2.03. The van der Waals surface area contributed by atoms with Crippen molar-refractivity contribution in [2.45, 2.75) is 19.8 Å². The summed E-state index contributed by atoms with van der Waals surface area (Å²) in [7, 11) is -3.91. The van der Waals surface area contributed by atoms with Crippen LogP contribution in [0.15, 0.2) is 12.2 Å². The van der Waals surface area contributed by atoms with E-state index in [4.69, 9.17) is 19.9 Å². The minimum Gasteiger partial charge on any atom is -0.395 e. The zero-order chi connectivity index (χ0) is 18.8. The van der Waals surface area contributed by atoms with Gasteiger partial charge >= 0.3 is 0 Å². The second kappa shape index (κ2) is 16.8. The maximum absolute atomic E-state index is 10.9. The number of amides is 1. The molecule has 0 rings (SSSR count). The second-order valence-electron chi connectivity index (χ2n) is 4.75. The van der Waals surface area contributed by atoms with Gasteiger partial charge in [-0.3, -0.25) is 14.2 Å². The Labute approximate surface area is 143 Å². The molecule has 0 aromatic heterocycles. The van der Waals surface area contributed by atoms with E-state index in [9.17, 15) is 13.2 Å². The van der Waals surface area contributed by atoms with Crippen molar-refractivity contribution in [2.75, 3.05) is 51.8 Å². The van der Waals surface area contributed by atoms with E-state index < -0.39 is 10.1 Å². The summed E-state index contributed by atoms with van der Waals surface area (Å²) in [5.74, 6) is -0.577. The Kier molecular flexibility index (Phi) is 17.6. The van der Waals surface area contributed by atoms with E-state index in [1.807, 2.05) is 6.92 Å². The van der Waals surface area contributed by atoms with Crippen LogP contribution >= 0.6 is 0 Å². The quantitative estimate of drug-likeness (QED) is 0.160. The van der Waals surface area contributed by atoms with Gasteiger partial charge in [-0.15, -0.1) is 0 Å². The molecule has 9 nitrogen and oxygen atoms in total. The standard InChI is InChI=1S/C8H15NO4S.C6H15NO3/c1-2-3-5-8(10)9-6-4-7-14(11,12)13;8-4-1-7(2-5-9)3-6-10/h3,5H,2,4,6-7H2,1H3,(H,9,10)(H,11,12,13);8-10H,1-6H2. The van der Waals surface area contributed by atoms with E-state index in [-0.39, 0.29) is 44.4 Å². The summed E-state index contributed by atoms with van der Waals surface area (Å²) >= 11 is 0. The number of aliphatic hydroxyl groups excluding tert-OH is 3. The molecule has 0 atom stereocenters. The van der Waals surface area contributed by atoms with Crippen LogP contribution in [0.3, 0.4) is 0 Å². The molecule has 0 bridgehead atoms. The summed E-state index contributed by atoms with van der Waals surface area (Å²) in [4.78, 5) is 12.7. The largest absolute Gasteiger partial charge is 0.395 e. The van der Waals surface area contributed by atoms with Crippen LogP contribution in [-0.4, -0.2) is 90.8 Å². The predicted octanol–water partition coefficient (Wildman–Crippen LogP) is -1.39. The first-order chi connectivity index (χ1) is 11.3. The molecule has 5 N–H and O–H groups in total. The van der Waals surface area contributed by atoms with Crippen LogP contribution in [0.2, 0.25) is 0 Å². The van der Waals surface area contributed by atoms with Gasteiger partial charge in [-0.1, -0.05) is 13.0 Å². The number of nitrogens with one attached hydrogen (secondary N) is 1. The van der Waals surface area contributed by atoms with Crippen molar-refractivity contribution in [3.8, 4) is 0 Å². The van der Waals surface area contributed by atoms with Gasteiger partial charge in [0.15, 0.2) is 0 Å².